The molecule has 1 aromatic heterocycles. The summed E-state index contributed by atoms with van der Waals surface area (Å²) in [5.41, 5.74) is 7.36. The van der Waals surface area contributed by atoms with Crippen molar-refractivity contribution in [2.45, 2.75) is 13.0 Å². The van der Waals surface area contributed by atoms with Crippen LogP contribution in [-0.2, 0) is 6.54 Å². The highest BCUT2D eigenvalue weighted by Crippen LogP contribution is 2.19. The topological polar surface area (TPSA) is 77.0 Å². The summed E-state index contributed by atoms with van der Waals surface area (Å²) in [6, 6.07) is 7.52. The van der Waals surface area contributed by atoms with E-state index in [0.29, 0.717) is 18.7 Å². The highest BCUT2D eigenvalue weighted by Gasteiger charge is 2.06. The molecule has 1 heterocycles. The first-order valence-electron chi connectivity index (χ1n) is 5.16. The van der Waals surface area contributed by atoms with E-state index >= 15 is 0 Å². The standard InChI is InChI=1S/C11H14N4O/c12-10-4-1-3-9(7-10)11-14-13-8-15(11)5-2-6-16/h1,3-4,7-8,16H,2,5-6,12H2. The summed E-state index contributed by atoms with van der Waals surface area (Å²) in [6.07, 6.45) is 2.35. The minimum atomic E-state index is 0.161. The molecule has 1 aromatic carbocycles. The Labute approximate surface area is 93.5 Å². The van der Waals surface area contributed by atoms with Crippen LogP contribution in [0.2, 0.25) is 0 Å². The molecule has 0 unspecified atom stereocenters. The molecule has 0 aliphatic heterocycles. The van der Waals surface area contributed by atoms with Gasteiger partial charge >= 0.3 is 0 Å². The molecule has 16 heavy (non-hydrogen) atoms. The van der Waals surface area contributed by atoms with Crippen LogP contribution in [0, 0.1) is 0 Å². The van der Waals surface area contributed by atoms with Crippen LogP contribution in [0.15, 0.2) is 30.6 Å². The molecule has 2 rings (SSSR count). The normalized spacial score (nSPS) is 10.6. The zero-order valence-electron chi connectivity index (χ0n) is 8.87. The molecule has 3 N–H and O–H groups in total. The lowest BCUT2D eigenvalue weighted by atomic mass is 10.2. The second-order valence-corrected chi connectivity index (χ2v) is 3.55. The molecule has 84 valence electrons. The van der Waals surface area contributed by atoms with Crippen molar-refractivity contribution in [3.05, 3.63) is 30.6 Å². The Hall–Kier alpha value is -1.88. The van der Waals surface area contributed by atoms with Gasteiger partial charge in [0, 0.05) is 24.4 Å². The third-order valence-electron chi connectivity index (χ3n) is 2.32. The lowest BCUT2D eigenvalue weighted by molar-refractivity contribution is 0.280. The number of hydrogen-bond acceptors (Lipinski definition) is 4. The van der Waals surface area contributed by atoms with Crippen LogP contribution in [-0.4, -0.2) is 26.5 Å². The molecule has 0 saturated carbocycles. The maximum absolute atomic E-state index is 8.80. The van der Waals surface area contributed by atoms with Crippen molar-refractivity contribution >= 4 is 5.69 Å². The molecule has 0 radical (unpaired) electrons. The van der Waals surface area contributed by atoms with Crippen molar-refractivity contribution in [2.75, 3.05) is 12.3 Å². The number of nitrogen functional groups attached to an aromatic ring is 1. The molecule has 0 fully saturated rings. The Morgan fingerprint density at radius 1 is 1.38 bits per heavy atom. The fourth-order valence-corrected chi connectivity index (χ4v) is 1.56. The minimum absolute atomic E-state index is 0.161. The van der Waals surface area contributed by atoms with Crippen molar-refractivity contribution in [1.82, 2.24) is 14.8 Å². The minimum Gasteiger partial charge on any atom is -0.399 e. The molecule has 0 spiro atoms. The molecule has 0 atom stereocenters. The number of hydrogen-bond donors (Lipinski definition) is 2. The van der Waals surface area contributed by atoms with Gasteiger partial charge in [-0.3, -0.25) is 0 Å². The first-order chi connectivity index (χ1) is 7.81. The summed E-state index contributed by atoms with van der Waals surface area (Å²) in [6.45, 7) is 0.863. The maximum Gasteiger partial charge on any atom is 0.163 e. The zero-order chi connectivity index (χ0) is 11.4. The van der Waals surface area contributed by atoms with Crippen LogP contribution in [0.3, 0.4) is 0 Å². The third kappa shape index (κ3) is 2.20. The maximum atomic E-state index is 8.80. The van der Waals surface area contributed by atoms with Gasteiger partial charge in [-0.15, -0.1) is 10.2 Å². The van der Waals surface area contributed by atoms with Gasteiger partial charge in [-0.05, 0) is 18.6 Å². The highest BCUT2D eigenvalue weighted by atomic mass is 16.3. The van der Waals surface area contributed by atoms with Crippen molar-refractivity contribution in [3.63, 3.8) is 0 Å². The molecule has 0 bridgehead atoms. The first-order valence-corrected chi connectivity index (χ1v) is 5.16. The zero-order valence-corrected chi connectivity index (χ0v) is 8.87. The number of nitrogens with two attached hydrogens (primary N) is 1. The summed E-state index contributed by atoms with van der Waals surface area (Å²) >= 11 is 0. The number of aliphatic hydroxyl groups excluding tert-OH is 1. The van der Waals surface area contributed by atoms with E-state index in [2.05, 4.69) is 10.2 Å². The second-order valence-electron chi connectivity index (χ2n) is 3.55. The number of nitrogens with zero attached hydrogens (tertiary/aromatic N) is 3. The van der Waals surface area contributed by atoms with E-state index in [-0.39, 0.29) is 6.61 Å². The van der Waals surface area contributed by atoms with E-state index in [1.807, 2.05) is 28.8 Å². The van der Waals surface area contributed by atoms with Crippen molar-refractivity contribution in [2.24, 2.45) is 0 Å². The molecule has 0 saturated heterocycles. The predicted octanol–water partition coefficient (Wildman–Crippen LogP) is 0.910. The molecule has 2 aromatic rings. The van der Waals surface area contributed by atoms with E-state index in [0.717, 1.165) is 11.4 Å². The average molecular weight is 218 g/mol. The Bertz CT molecular complexity index is 467. The molecule has 0 aliphatic carbocycles. The van der Waals surface area contributed by atoms with E-state index in [9.17, 15) is 0 Å². The summed E-state index contributed by atoms with van der Waals surface area (Å²) in [5.74, 6) is 0.778. The second kappa shape index (κ2) is 4.76. The van der Waals surface area contributed by atoms with Gasteiger partial charge in [0.1, 0.15) is 6.33 Å². The summed E-state index contributed by atoms with van der Waals surface area (Å²) in [5, 5.41) is 16.7. The number of rotatable bonds is 4. The highest BCUT2D eigenvalue weighted by molar-refractivity contribution is 5.60. The fraction of sp³-hybridized carbons (Fsp3) is 0.273. The molecular weight excluding hydrogens is 204 g/mol. The fourth-order valence-electron chi connectivity index (χ4n) is 1.56. The Kier molecular flexibility index (Phi) is 3.16. The quantitative estimate of drug-likeness (QED) is 0.748. The smallest absolute Gasteiger partial charge is 0.163 e. The monoisotopic (exact) mass is 218 g/mol. The molecule has 5 nitrogen and oxygen atoms in total. The summed E-state index contributed by atoms with van der Waals surface area (Å²) in [4.78, 5) is 0. The van der Waals surface area contributed by atoms with Crippen LogP contribution in [0.1, 0.15) is 6.42 Å². The Morgan fingerprint density at radius 3 is 3.00 bits per heavy atom. The predicted molar refractivity (Wildman–Crippen MR) is 61.6 cm³/mol. The van der Waals surface area contributed by atoms with Gasteiger partial charge in [0.15, 0.2) is 5.82 Å². The van der Waals surface area contributed by atoms with Gasteiger partial charge in [0.05, 0.1) is 0 Å². The lowest BCUT2D eigenvalue weighted by Crippen LogP contribution is -2.01. The van der Waals surface area contributed by atoms with Gasteiger partial charge in [-0.2, -0.15) is 0 Å². The third-order valence-corrected chi connectivity index (χ3v) is 2.32. The van der Waals surface area contributed by atoms with Crippen molar-refractivity contribution in [3.8, 4) is 11.4 Å². The van der Waals surface area contributed by atoms with Crippen molar-refractivity contribution in [1.29, 1.82) is 0 Å². The number of aryl methyl sites for hydroxylation is 1. The van der Waals surface area contributed by atoms with E-state index in [4.69, 9.17) is 10.8 Å². The summed E-state index contributed by atoms with van der Waals surface area (Å²) in [7, 11) is 0. The first kappa shape index (κ1) is 10.6. The molecular formula is C11H14N4O. The number of aromatic nitrogens is 3. The number of aliphatic hydroxyl groups is 1. The van der Waals surface area contributed by atoms with Gasteiger partial charge in [-0.1, -0.05) is 12.1 Å². The van der Waals surface area contributed by atoms with Crippen molar-refractivity contribution < 1.29 is 5.11 Å². The molecule has 0 aliphatic rings. The van der Waals surface area contributed by atoms with Crippen LogP contribution in [0.5, 0.6) is 0 Å². The lowest BCUT2D eigenvalue weighted by Gasteiger charge is -2.05. The Balaban J connectivity index is 2.29. The van der Waals surface area contributed by atoms with Gasteiger partial charge < -0.3 is 15.4 Å². The van der Waals surface area contributed by atoms with Gasteiger partial charge in [0.2, 0.25) is 0 Å². The van der Waals surface area contributed by atoms with Gasteiger partial charge in [0.25, 0.3) is 0 Å². The number of benzene rings is 1. The van der Waals surface area contributed by atoms with E-state index in [1.54, 1.807) is 6.33 Å². The molecule has 5 heteroatoms. The number of anilines is 1. The average Bonchev–Trinajstić information content (AvgIpc) is 2.74. The largest absolute Gasteiger partial charge is 0.399 e. The van der Waals surface area contributed by atoms with Gasteiger partial charge in [-0.25, -0.2) is 0 Å². The summed E-state index contributed by atoms with van der Waals surface area (Å²) < 4.78 is 1.91. The molecule has 0 amide bonds. The van der Waals surface area contributed by atoms with E-state index < -0.39 is 0 Å². The van der Waals surface area contributed by atoms with Crippen LogP contribution >= 0.6 is 0 Å². The SMILES string of the molecule is Nc1cccc(-c2nncn2CCCO)c1. The van der Waals surface area contributed by atoms with Crippen LogP contribution < -0.4 is 5.73 Å². The van der Waals surface area contributed by atoms with Crippen LogP contribution in [0.4, 0.5) is 5.69 Å². The Morgan fingerprint density at radius 2 is 2.25 bits per heavy atom. The van der Waals surface area contributed by atoms with Crippen LogP contribution in [0.25, 0.3) is 11.4 Å². The van der Waals surface area contributed by atoms with E-state index in [1.165, 1.54) is 0 Å².